The molecule has 0 unspecified atom stereocenters. The molecule has 1 saturated heterocycles. The van der Waals surface area contributed by atoms with E-state index >= 15 is 0 Å². The molecule has 0 saturated carbocycles. The van der Waals surface area contributed by atoms with E-state index in [1.54, 1.807) is 18.3 Å². The van der Waals surface area contributed by atoms with Gasteiger partial charge < -0.3 is 21.3 Å². The summed E-state index contributed by atoms with van der Waals surface area (Å²) in [4.78, 5) is 30.6. The van der Waals surface area contributed by atoms with Crippen LogP contribution < -0.4 is 21.3 Å². The van der Waals surface area contributed by atoms with Gasteiger partial charge in [-0.25, -0.2) is 4.98 Å². The van der Waals surface area contributed by atoms with Crippen molar-refractivity contribution in [2.75, 3.05) is 28.6 Å². The Morgan fingerprint density at radius 1 is 1.18 bits per heavy atom. The maximum absolute atomic E-state index is 12.8. The van der Waals surface area contributed by atoms with Gasteiger partial charge in [0.05, 0.1) is 5.56 Å². The fourth-order valence-electron chi connectivity index (χ4n) is 3.38. The van der Waals surface area contributed by atoms with Crippen molar-refractivity contribution in [1.82, 2.24) is 4.98 Å². The summed E-state index contributed by atoms with van der Waals surface area (Å²) in [5, 5.41) is 6.16. The van der Waals surface area contributed by atoms with Gasteiger partial charge in [-0.1, -0.05) is 6.07 Å². The van der Waals surface area contributed by atoms with E-state index in [9.17, 15) is 9.59 Å². The summed E-state index contributed by atoms with van der Waals surface area (Å²) in [5.74, 6) is 0.0973. The first-order valence-corrected chi connectivity index (χ1v) is 9.61. The van der Waals surface area contributed by atoms with Crippen LogP contribution in [0, 0.1) is 5.92 Å². The molecule has 1 fully saturated rings. The molecule has 0 spiro atoms. The predicted molar refractivity (Wildman–Crippen MR) is 112 cm³/mol. The van der Waals surface area contributed by atoms with Crippen LogP contribution >= 0.6 is 0 Å². The highest BCUT2D eigenvalue weighted by Crippen LogP contribution is 2.26. The molecule has 7 nitrogen and oxygen atoms in total. The molecule has 0 aliphatic carbocycles. The molecular formula is C21H27N5O2. The van der Waals surface area contributed by atoms with Crippen LogP contribution in [0.3, 0.4) is 0 Å². The number of nitrogens with two attached hydrogens (primary N) is 1. The van der Waals surface area contributed by atoms with Crippen LogP contribution in [0.2, 0.25) is 0 Å². The monoisotopic (exact) mass is 381 g/mol. The largest absolute Gasteiger partial charge is 0.371 e. The van der Waals surface area contributed by atoms with E-state index in [-0.39, 0.29) is 23.8 Å². The first-order chi connectivity index (χ1) is 13.4. The highest BCUT2D eigenvalue weighted by Gasteiger charge is 2.23. The molecule has 0 atom stereocenters. The van der Waals surface area contributed by atoms with Crippen molar-refractivity contribution in [3.8, 4) is 0 Å². The highest BCUT2D eigenvalue weighted by atomic mass is 16.2. The second-order valence-corrected chi connectivity index (χ2v) is 7.37. The zero-order chi connectivity index (χ0) is 20.1. The molecule has 7 heteroatoms. The van der Waals surface area contributed by atoms with Crippen LogP contribution in [0.5, 0.6) is 0 Å². The van der Waals surface area contributed by atoms with Gasteiger partial charge in [0.2, 0.25) is 5.91 Å². The minimum Gasteiger partial charge on any atom is -0.371 e. The molecule has 1 aliphatic rings. The summed E-state index contributed by atoms with van der Waals surface area (Å²) in [5.41, 5.74) is 7.66. The molecule has 28 heavy (non-hydrogen) atoms. The Morgan fingerprint density at radius 3 is 2.61 bits per heavy atom. The van der Waals surface area contributed by atoms with Crippen molar-refractivity contribution < 1.29 is 9.59 Å². The number of pyridine rings is 1. The highest BCUT2D eigenvalue weighted by molar-refractivity contribution is 6.07. The van der Waals surface area contributed by atoms with Gasteiger partial charge in [0.25, 0.3) is 5.91 Å². The zero-order valence-electron chi connectivity index (χ0n) is 16.3. The number of hydrogen-bond donors (Lipinski definition) is 3. The lowest BCUT2D eigenvalue weighted by Crippen LogP contribution is -2.38. The molecule has 148 valence electrons. The van der Waals surface area contributed by atoms with Crippen LogP contribution in [0.15, 0.2) is 42.6 Å². The molecule has 2 heterocycles. The van der Waals surface area contributed by atoms with Crippen LogP contribution in [-0.4, -0.2) is 35.9 Å². The molecule has 4 N–H and O–H groups in total. The number of hydrogen-bond acceptors (Lipinski definition) is 5. The summed E-state index contributed by atoms with van der Waals surface area (Å²) < 4.78 is 0. The summed E-state index contributed by atoms with van der Waals surface area (Å²) in [7, 11) is 0. The number of amides is 2. The standard InChI is InChI=1S/C21H27N5O2/c1-14(2)24-20-18(7-4-10-23-20)21(28)25-16-5-3-6-17(13-16)26-11-8-15(9-12-26)19(22)27/h3-7,10,13-15H,8-9,11-12H2,1-2H3,(H2,22,27)(H,23,24)(H,25,28). The first-order valence-electron chi connectivity index (χ1n) is 9.61. The van der Waals surface area contributed by atoms with E-state index in [4.69, 9.17) is 5.73 Å². The van der Waals surface area contributed by atoms with E-state index in [1.807, 2.05) is 38.1 Å². The van der Waals surface area contributed by atoms with E-state index < -0.39 is 0 Å². The molecule has 3 rings (SSSR count). The molecule has 1 aromatic heterocycles. The Bertz CT molecular complexity index is 844. The molecule has 0 radical (unpaired) electrons. The topological polar surface area (TPSA) is 100 Å². The van der Waals surface area contributed by atoms with Gasteiger partial charge in [-0.15, -0.1) is 0 Å². The number of anilines is 3. The number of piperidine rings is 1. The SMILES string of the molecule is CC(C)Nc1ncccc1C(=O)Nc1cccc(N2CCC(C(N)=O)CC2)c1. The predicted octanol–water partition coefficient (Wildman–Crippen LogP) is 2.86. The summed E-state index contributed by atoms with van der Waals surface area (Å²) in [6, 6.07) is 11.4. The summed E-state index contributed by atoms with van der Waals surface area (Å²) in [6.45, 7) is 5.55. The van der Waals surface area contributed by atoms with Crippen molar-refractivity contribution in [2.45, 2.75) is 32.7 Å². The fraction of sp³-hybridized carbons (Fsp3) is 0.381. The number of nitrogens with zero attached hydrogens (tertiary/aromatic N) is 2. The first kappa shape index (κ1) is 19.7. The van der Waals surface area contributed by atoms with E-state index in [0.29, 0.717) is 11.4 Å². The molecule has 2 aromatic rings. The van der Waals surface area contributed by atoms with Crippen molar-refractivity contribution in [3.63, 3.8) is 0 Å². The minimum absolute atomic E-state index is 0.0448. The van der Waals surface area contributed by atoms with Gasteiger partial charge >= 0.3 is 0 Å². The van der Waals surface area contributed by atoms with Gasteiger partial charge in [-0.05, 0) is 57.0 Å². The van der Waals surface area contributed by atoms with Gasteiger partial charge in [-0.2, -0.15) is 0 Å². The van der Waals surface area contributed by atoms with E-state index in [2.05, 4.69) is 20.5 Å². The molecule has 1 aromatic carbocycles. The van der Waals surface area contributed by atoms with Crippen LogP contribution in [0.1, 0.15) is 37.0 Å². The second kappa shape index (κ2) is 8.73. The third-order valence-electron chi connectivity index (χ3n) is 4.84. The quantitative estimate of drug-likeness (QED) is 0.714. The Morgan fingerprint density at radius 2 is 1.93 bits per heavy atom. The number of aromatic nitrogens is 1. The fourth-order valence-corrected chi connectivity index (χ4v) is 3.38. The normalized spacial score (nSPS) is 14.8. The number of benzene rings is 1. The smallest absolute Gasteiger partial charge is 0.259 e. The number of carbonyl (C=O) groups is 2. The lowest BCUT2D eigenvalue weighted by Gasteiger charge is -2.32. The van der Waals surface area contributed by atoms with Gasteiger partial charge in [0.15, 0.2) is 0 Å². The second-order valence-electron chi connectivity index (χ2n) is 7.37. The maximum atomic E-state index is 12.8. The van der Waals surface area contributed by atoms with Crippen LogP contribution in [0.25, 0.3) is 0 Å². The van der Waals surface area contributed by atoms with Crippen molar-refractivity contribution in [2.24, 2.45) is 11.7 Å². The number of rotatable bonds is 6. The van der Waals surface area contributed by atoms with Crippen molar-refractivity contribution >= 4 is 29.0 Å². The lowest BCUT2D eigenvalue weighted by molar-refractivity contribution is -0.122. The van der Waals surface area contributed by atoms with Crippen LogP contribution in [0.4, 0.5) is 17.2 Å². The zero-order valence-corrected chi connectivity index (χ0v) is 16.3. The molecule has 1 aliphatic heterocycles. The number of primary amides is 1. The van der Waals surface area contributed by atoms with Gasteiger partial charge in [0, 0.05) is 42.6 Å². The minimum atomic E-state index is -0.219. The Kier molecular flexibility index (Phi) is 6.13. The van der Waals surface area contributed by atoms with E-state index in [1.165, 1.54) is 0 Å². The van der Waals surface area contributed by atoms with Gasteiger partial charge in [0.1, 0.15) is 5.82 Å². The van der Waals surface area contributed by atoms with E-state index in [0.717, 1.165) is 37.3 Å². The molecule has 2 amide bonds. The summed E-state index contributed by atoms with van der Waals surface area (Å²) >= 11 is 0. The summed E-state index contributed by atoms with van der Waals surface area (Å²) in [6.07, 6.45) is 3.18. The Labute approximate surface area is 165 Å². The van der Waals surface area contributed by atoms with Crippen molar-refractivity contribution in [1.29, 1.82) is 0 Å². The molecule has 0 bridgehead atoms. The van der Waals surface area contributed by atoms with Crippen molar-refractivity contribution in [3.05, 3.63) is 48.2 Å². The number of carbonyl (C=O) groups excluding carboxylic acids is 2. The third kappa shape index (κ3) is 4.79. The lowest BCUT2D eigenvalue weighted by atomic mass is 9.96. The van der Waals surface area contributed by atoms with Gasteiger partial charge in [-0.3, -0.25) is 9.59 Å². The molecular weight excluding hydrogens is 354 g/mol. The average molecular weight is 381 g/mol. The Hall–Kier alpha value is -3.09. The third-order valence-corrected chi connectivity index (χ3v) is 4.84. The Balaban J connectivity index is 1.70. The number of nitrogens with one attached hydrogen (secondary N) is 2. The van der Waals surface area contributed by atoms with Crippen LogP contribution in [-0.2, 0) is 4.79 Å². The average Bonchev–Trinajstić information content (AvgIpc) is 2.68. The maximum Gasteiger partial charge on any atom is 0.259 e.